The Morgan fingerprint density at radius 1 is 1.00 bits per heavy atom. The van der Waals surface area contributed by atoms with Crippen LogP contribution >= 0.6 is 7.75 Å². The molecule has 5 atom stereocenters. The highest BCUT2D eigenvalue weighted by Crippen LogP contribution is 2.47. The second-order valence-corrected chi connectivity index (χ2v) is 16.4. The number of morpholine rings is 2. The van der Waals surface area contributed by atoms with Crippen LogP contribution in [0.25, 0.3) is 11.2 Å². The summed E-state index contributed by atoms with van der Waals surface area (Å²) in [6.45, 7) is 4.46. The molecule has 19 nitrogen and oxygen atoms in total. The van der Waals surface area contributed by atoms with Gasteiger partial charge < -0.3 is 34.2 Å². The molecule has 0 aromatic carbocycles. The number of hydrogen-bond acceptors (Lipinski definition) is 13. The number of hydrazine groups is 1. The van der Waals surface area contributed by atoms with Crippen molar-refractivity contribution in [2.45, 2.75) is 94.8 Å². The van der Waals surface area contributed by atoms with Crippen LogP contribution in [0, 0.1) is 5.92 Å². The van der Waals surface area contributed by atoms with Crippen LogP contribution in [0.5, 0.6) is 0 Å². The highest BCUT2D eigenvalue weighted by Gasteiger charge is 2.46. The standard InChI is InChI=1S/C33H55N10O9P/c44-27-25(20-51-53(47,48)41-13-17-50-18-14-41)52-31(28(27)45)42-22-36-26-29(42)37-32(38-30(26)46)39-43(24-9-5-2-6-10-24)33(40-11-15-49-16-12-40)35-21-34-19-23-7-3-1-4-8-23/h22-25,27-28,31,34,44-45H,1-21H2,(H,47,48)(H2,37,38,39,46)/b35-33+/t25-,27-,28-,31-/m1/s1. The number of aromatic nitrogens is 4. The summed E-state index contributed by atoms with van der Waals surface area (Å²) in [4.78, 5) is 43.1. The molecule has 0 radical (unpaired) electrons. The van der Waals surface area contributed by atoms with Crippen molar-refractivity contribution in [1.82, 2.24) is 39.4 Å². The van der Waals surface area contributed by atoms with Crippen LogP contribution in [0.15, 0.2) is 16.1 Å². The first-order valence-corrected chi connectivity index (χ1v) is 20.7. The maximum Gasteiger partial charge on any atom is 0.405 e. The first-order valence-electron chi connectivity index (χ1n) is 19.2. The molecular formula is C33H55N10O9P. The van der Waals surface area contributed by atoms with Gasteiger partial charge in [0.2, 0.25) is 11.9 Å². The minimum absolute atomic E-state index is 0.0194. The van der Waals surface area contributed by atoms with Gasteiger partial charge in [0.25, 0.3) is 5.56 Å². The third-order valence-corrected chi connectivity index (χ3v) is 12.6. The molecule has 5 heterocycles. The lowest BCUT2D eigenvalue weighted by atomic mass is 9.89. The van der Waals surface area contributed by atoms with Gasteiger partial charge in [-0.3, -0.25) is 34.6 Å². The Morgan fingerprint density at radius 2 is 1.68 bits per heavy atom. The minimum atomic E-state index is -4.19. The van der Waals surface area contributed by atoms with Crippen LogP contribution in [0.4, 0.5) is 5.95 Å². The number of guanidine groups is 1. The second kappa shape index (κ2) is 17.8. The average molecular weight is 767 g/mol. The molecule has 1 unspecified atom stereocenters. The molecule has 296 valence electrons. The van der Waals surface area contributed by atoms with Gasteiger partial charge in [-0.15, -0.1) is 0 Å². The van der Waals surface area contributed by atoms with Gasteiger partial charge in [-0.2, -0.15) is 4.98 Å². The van der Waals surface area contributed by atoms with Gasteiger partial charge >= 0.3 is 7.75 Å². The molecule has 6 N–H and O–H groups in total. The Bertz CT molecular complexity index is 1620. The number of nitrogens with one attached hydrogen (secondary N) is 3. The number of hydrogen-bond donors (Lipinski definition) is 6. The van der Waals surface area contributed by atoms with E-state index in [1.165, 1.54) is 47.7 Å². The van der Waals surface area contributed by atoms with E-state index in [1.807, 2.05) is 5.01 Å². The number of aromatic amines is 1. The van der Waals surface area contributed by atoms with E-state index in [4.69, 9.17) is 28.7 Å². The van der Waals surface area contributed by atoms with Crippen molar-refractivity contribution in [2.24, 2.45) is 10.9 Å². The summed E-state index contributed by atoms with van der Waals surface area (Å²) < 4.78 is 37.8. The van der Waals surface area contributed by atoms with Crippen molar-refractivity contribution in [1.29, 1.82) is 0 Å². The monoisotopic (exact) mass is 766 g/mol. The Labute approximate surface area is 308 Å². The predicted molar refractivity (Wildman–Crippen MR) is 194 cm³/mol. The minimum Gasteiger partial charge on any atom is -0.387 e. The Balaban J connectivity index is 1.11. The molecule has 2 saturated carbocycles. The van der Waals surface area contributed by atoms with Gasteiger partial charge in [0, 0.05) is 26.2 Å². The number of nitrogens with zero attached hydrogens (tertiary/aromatic N) is 7. The molecule has 5 aliphatic rings. The molecule has 0 amide bonds. The molecule has 5 fully saturated rings. The van der Waals surface area contributed by atoms with Crippen molar-refractivity contribution >= 4 is 30.8 Å². The SMILES string of the molecule is O=c1[nH]c(NN(/C(=N/CNCC2CCCCC2)N2CCOCC2)C2CCCCC2)nc2c1ncn2[C@@H]1O[C@H](COP(=O)(O)N2CCOCC2)[C@@H](O)[C@H]1O. The first kappa shape index (κ1) is 38.6. The summed E-state index contributed by atoms with van der Waals surface area (Å²) in [5.41, 5.74) is 3.05. The molecular weight excluding hydrogens is 711 g/mol. The zero-order chi connectivity index (χ0) is 36.8. The number of anilines is 1. The molecule has 2 aliphatic carbocycles. The van der Waals surface area contributed by atoms with Gasteiger partial charge in [-0.05, 0) is 38.1 Å². The number of fused-ring (bicyclic) bond motifs is 1. The van der Waals surface area contributed by atoms with Gasteiger partial charge in [-0.25, -0.2) is 19.2 Å². The molecule has 53 heavy (non-hydrogen) atoms. The Morgan fingerprint density at radius 3 is 2.40 bits per heavy atom. The van der Waals surface area contributed by atoms with Gasteiger partial charge in [0.15, 0.2) is 17.4 Å². The zero-order valence-corrected chi connectivity index (χ0v) is 31.2. The number of aliphatic hydroxyl groups excluding tert-OH is 2. The molecule has 0 bridgehead atoms. The van der Waals surface area contributed by atoms with Crippen molar-refractivity contribution in [2.75, 3.05) is 77.9 Å². The van der Waals surface area contributed by atoms with Crippen LogP contribution < -0.4 is 16.3 Å². The van der Waals surface area contributed by atoms with E-state index >= 15 is 0 Å². The van der Waals surface area contributed by atoms with Gasteiger partial charge in [-0.1, -0.05) is 38.5 Å². The van der Waals surface area contributed by atoms with E-state index in [-0.39, 0.29) is 36.2 Å². The lowest BCUT2D eigenvalue weighted by molar-refractivity contribution is -0.0507. The van der Waals surface area contributed by atoms with Crippen molar-refractivity contribution < 1.29 is 38.4 Å². The molecule has 3 aliphatic heterocycles. The fourth-order valence-corrected chi connectivity index (χ4v) is 9.13. The summed E-state index contributed by atoms with van der Waals surface area (Å²) in [5.74, 6) is 1.58. The molecule has 3 saturated heterocycles. The van der Waals surface area contributed by atoms with E-state index in [1.54, 1.807) is 0 Å². The molecule has 20 heteroatoms. The summed E-state index contributed by atoms with van der Waals surface area (Å²) in [6, 6.07) is 0.0884. The molecule has 2 aromatic heterocycles. The fourth-order valence-electron chi connectivity index (χ4n) is 7.96. The van der Waals surface area contributed by atoms with Crippen LogP contribution in [-0.2, 0) is 23.3 Å². The summed E-state index contributed by atoms with van der Waals surface area (Å²) in [7, 11) is -4.19. The largest absolute Gasteiger partial charge is 0.405 e. The van der Waals surface area contributed by atoms with E-state index in [0.717, 1.165) is 44.6 Å². The van der Waals surface area contributed by atoms with E-state index in [9.17, 15) is 24.5 Å². The van der Waals surface area contributed by atoms with Crippen LogP contribution in [-0.4, -0.2) is 152 Å². The quantitative estimate of drug-likeness (QED) is 0.0582. The molecule has 2 aromatic rings. The fraction of sp³-hybridized carbons (Fsp3) is 0.818. The third-order valence-electron chi connectivity index (χ3n) is 11.0. The van der Waals surface area contributed by atoms with E-state index in [2.05, 4.69) is 25.6 Å². The summed E-state index contributed by atoms with van der Waals surface area (Å²) in [6.07, 6.45) is 7.58. The number of aliphatic imine (C=N–C) groups is 1. The van der Waals surface area contributed by atoms with E-state index < -0.39 is 44.5 Å². The van der Waals surface area contributed by atoms with Crippen molar-refractivity contribution in [3.63, 3.8) is 0 Å². The van der Waals surface area contributed by atoms with Crippen molar-refractivity contribution in [3.05, 3.63) is 16.7 Å². The average Bonchev–Trinajstić information content (AvgIpc) is 3.74. The zero-order valence-electron chi connectivity index (χ0n) is 30.3. The maximum atomic E-state index is 13.4. The van der Waals surface area contributed by atoms with E-state index in [0.29, 0.717) is 52.1 Å². The first-order chi connectivity index (χ1) is 25.8. The summed E-state index contributed by atoms with van der Waals surface area (Å²) >= 11 is 0. The van der Waals surface area contributed by atoms with Crippen molar-refractivity contribution in [3.8, 4) is 0 Å². The van der Waals surface area contributed by atoms with Gasteiger partial charge in [0.05, 0.1) is 52.1 Å². The molecule has 7 rings (SSSR count). The normalized spacial score (nSPS) is 28.4. The smallest absolute Gasteiger partial charge is 0.387 e. The van der Waals surface area contributed by atoms with Crippen LogP contribution in [0.3, 0.4) is 0 Å². The number of rotatable bonds is 12. The Hall–Kier alpha value is -2.71. The predicted octanol–water partition coefficient (Wildman–Crippen LogP) is 0.965. The highest BCUT2D eigenvalue weighted by molar-refractivity contribution is 7.50. The molecule has 0 spiro atoms. The second-order valence-electron chi connectivity index (χ2n) is 14.6. The topological polar surface area (TPSA) is 224 Å². The number of imidazole rings is 1. The van der Waals surface area contributed by atoms with Gasteiger partial charge in [0.1, 0.15) is 18.3 Å². The lowest BCUT2D eigenvalue weighted by Gasteiger charge is -2.41. The maximum absolute atomic E-state index is 13.4. The Kier molecular flexibility index (Phi) is 13.0. The highest BCUT2D eigenvalue weighted by atomic mass is 31.2. The number of ether oxygens (including phenoxy) is 3. The van der Waals surface area contributed by atoms with Crippen LogP contribution in [0.2, 0.25) is 0 Å². The third kappa shape index (κ3) is 9.23. The lowest BCUT2D eigenvalue weighted by Crippen LogP contribution is -2.55. The summed E-state index contributed by atoms with van der Waals surface area (Å²) in [5, 5.41) is 27.6. The number of H-pyrrole nitrogens is 1. The number of aliphatic hydroxyl groups is 2. The van der Waals surface area contributed by atoms with Crippen LogP contribution in [0.1, 0.15) is 70.4 Å².